The molecule has 0 unspecified atom stereocenters. The van der Waals surface area contributed by atoms with Gasteiger partial charge in [-0.05, 0) is 23.8 Å². The van der Waals surface area contributed by atoms with E-state index in [0.29, 0.717) is 13.2 Å². The van der Waals surface area contributed by atoms with E-state index in [2.05, 4.69) is 10.4 Å². The predicted molar refractivity (Wildman–Crippen MR) is 69.3 cm³/mol. The van der Waals surface area contributed by atoms with E-state index in [0.717, 1.165) is 11.3 Å². The topological polar surface area (TPSA) is 76.4 Å². The van der Waals surface area contributed by atoms with Gasteiger partial charge in [0.25, 0.3) is 0 Å². The number of carboxylic acid groups (broad SMARTS) is 1. The van der Waals surface area contributed by atoms with Crippen LogP contribution in [0, 0.1) is 0 Å². The molecule has 1 aromatic carbocycles. The zero-order valence-corrected chi connectivity index (χ0v) is 10.3. The molecule has 0 aliphatic rings. The first-order valence-corrected chi connectivity index (χ1v) is 5.90. The van der Waals surface area contributed by atoms with Crippen LogP contribution in [0.25, 0.3) is 0 Å². The maximum Gasteiger partial charge on any atom is 0.404 e. The van der Waals surface area contributed by atoms with E-state index >= 15 is 0 Å². The second-order valence-corrected chi connectivity index (χ2v) is 3.93. The molecule has 0 atom stereocenters. The first kappa shape index (κ1) is 12.9. The van der Waals surface area contributed by atoms with Crippen molar-refractivity contribution in [1.82, 2.24) is 15.1 Å². The number of aromatic nitrogens is 2. The molecule has 2 N–H and O–H groups in total. The van der Waals surface area contributed by atoms with Crippen LogP contribution in [0.3, 0.4) is 0 Å². The SMILES string of the molecule is O=C(O)NCCOc1ccc(Cn2cccn2)cc1. The zero-order valence-electron chi connectivity index (χ0n) is 10.3. The molecule has 19 heavy (non-hydrogen) atoms. The third-order valence-electron chi connectivity index (χ3n) is 2.47. The lowest BCUT2D eigenvalue weighted by Crippen LogP contribution is -2.26. The molecule has 2 rings (SSSR count). The zero-order chi connectivity index (χ0) is 13.5. The number of benzene rings is 1. The number of ether oxygens (including phenoxy) is 1. The van der Waals surface area contributed by atoms with Crippen LogP contribution in [0.1, 0.15) is 5.56 Å². The molecule has 1 aromatic heterocycles. The minimum atomic E-state index is -1.04. The Kier molecular flexibility index (Phi) is 4.39. The monoisotopic (exact) mass is 261 g/mol. The van der Waals surface area contributed by atoms with Gasteiger partial charge in [-0.25, -0.2) is 4.79 Å². The second kappa shape index (κ2) is 6.44. The van der Waals surface area contributed by atoms with Crippen molar-refractivity contribution < 1.29 is 14.6 Å². The fraction of sp³-hybridized carbons (Fsp3) is 0.231. The largest absolute Gasteiger partial charge is 0.492 e. The van der Waals surface area contributed by atoms with Crippen molar-refractivity contribution in [2.75, 3.05) is 13.2 Å². The molecule has 0 aliphatic heterocycles. The van der Waals surface area contributed by atoms with E-state index in [1.807, 2.05) is 41.2 Å². The summed E-state index contributed by atoms with van der Waals surface area (Å²) < 4.78 is 7.24. The first-order chi connectivity index (χ1) is 9.24. The van der Waals surface area contributed by atoms with Crippen molar-refractivity contribution in [3.05, 3.63) is 48.3 Å². The number of rotatable bonds is 6. The highest BCUT2D eigenvalue weighted by Crippen LogP contribution is 2.12. The fourth-order valence-corrected chi connectivity index (χ4v) is 1.60. The van der Waals surface area contributed by atoms with Crippen molar-refractivity contribution in [2.45, 2.75) is 6.54 Å². The smallest absolute Gasteiger partial charge is 0.404 e. The highest BCUT2D eigenvalue weighted by molar-refractivity contribution is 5.64. The summed E-state index contributed by atoms with van der Waals surface area (Å²) in [4.78, 5) is 10.2. The van der Waals surface area contributed by atoms with E-state index in [1.54, 1.807) is 6.20 Å². The van der Waals surface area contributed by atoms with Gasteiger partial charge in [-0.15, -0.1) is 0 Å². The van der Waals surface area contributed by atoms with Crippen LogP contribution in [-0.2, 0) is 6.54 Å². The molecular weight excluding hydrogens is 246 g/mol. The van der Waals surface area contributed by atoms with Gasteiger partial charge in [-0.3, -0.25) is 4.68 Å². The second-order valence-electron chi connectivity index (χ2n) is 3.93. The van der Waals surface area contributed by atoms with E-state index < -0.39 is 6.09 Å². The van der Waals surface area contributed by atoms with Crippen LogP contribution in [0.15, 0.2) is 42.7 Å². The quantitative estimate of drug-likeness (QED) is 0.774. The summed E-state index contributed by atoms with van der Waals surface area (Å²) in [5.74, 6) is 0.719. The molecule has 100 valence electrons. The summed E-state index contributed by atoms with van der Waals surface area (Å²) in [6, 6.07) is 9.52. The third-order valence-corrected chi connectivity index (χ3v) is 2.47. The summed E-state index contributed by atoms with van der Waals surface area (Å²) in [5, 5.41) is 14.8. The predicted octanol–water partition coefficient (Wildman–Crippen LogP) is 1.58. The van der Waals surface area contributed by atoms with Gasteiger partial charge in [-0.1, -0.05) is 12.1 Å². The van der Waals surface area contributed by atoms with Gasteiger partial charge in [0.05, 0.1) is 13.1 Å². The molecule has 1 amide bonds. The summed E-state index contributed by atoms with van der Waals surface area (Å²) in [7, 11) is 0. The molecule has 2 aromatic rings. The maximum atomic E-state index is 10.2. The average Bonchev–Trinajstić information content (AvgIpc) is 2.89. The maximum absolute atomic E-state index is 10.2. The van der Waals surface area contributed by atoms with E-state index in [-0.39, 0.29) is 6.54 Å². The van der Waals surface area contributed by atoms with E-state index in [4.69, 9.17) is 9.84 Å². The first-order valence-electron chi connectivity index (χ1n) is 5.90. The Morgan fingerprint density at radius 1 is 1.37 bits per heavy atom. The highest BCUT2D eigenvalue weighted by atomic mass is 16.5. The number of nitrogens with zero attached hydrogens (tertiary/aromatic N) is 2. The number of hydrogen-bond donors (Lipinski definition) is 2. The van der Waals surface area contributed by atoms with Gasteiger partial charge >= 0.3 is 6.09 Å². The van der Waals surface area contributed by atoms with E-state index in [1.165, 1.54) is 0 Å². The Balaban J connectivity index is 1.79. The fourth-order valence-electron chi connectivity index (χ4n) is 1.60. The Bertz CT molecular complexity index is 508. The lowest BCUT2D eigenvalue weighted by Gasteiger charge is -2.07. The molecular formula is C13H15N3O3. The van der Waals surface area contributed by atoms with Crippen LogP contribution in [0.5, 0.6) is 5.75 Å². The normalized spacial score (nSPS) is 10.1. The number of hydrogen-bond acceptors (Lipinski definition) is 3. The molecule has 0 saturated heterocycles. The van der Waals surface area contributed by atoms with E-state index in [9.17, 15) is 4.79 Å². The highest BCUT2D eigenvalue weighted by Gasteiger charge is 1.98. The number of amides is 1. The van der Waals surface area contributed by atoms with Crippen molar-refractivity contribution >= 4 is 6.09 Å². The third kappa shape index (κ3) is 4.34. The van der Waals surface area contributed by atoms with Crippen LogP contribution in [0.2, 0.25) is 0 Å². The van der Waals surface area contributed by atoms with Gasteiger partial charge in [0.1, 0.15) is 12.4 Å². The molecule has 0 fully saturated rings. The van der Waals surface area contributed by atoms with Gasteiger partial charge in [0, 0.05) is 12.4 Å². The van der Waals surface area contributed by atoms with Crippen molar-refractivity contribution in [2.24, 2.45) is 0 Å². The summed E-state index contributed by atoms with van der Waals surface area (Å²) in [6.45, 7) is 1.29. The molecule has 6 heteroatoms. The summed E-state index contributed by atoms with van der Waals surface area (Å²) >= 11 is 0. The Morgan fingerprint density at radius 3 is 2.79 bits per heavy atom. The summed E-state index contributed by atoms with van der Waals surface area (Å²) in [6.07, 6.45) is 2.60. The standard InChI is InChI=1S/C13H15N3O3/c17-13(18)14-7-9-19-12-4-2-11(3-5-12)10-16-8-1-6-15-16/h1-6,8,14H,7,9-10H2,(H,17,18). The molecule has 0 aliphatic carbocycles. The minimum absolute atomic E-state index is 0.268. The average molecular weight is 261 g/mol. The Labute approximate surface area is 110 Å². The van der Waals surface area contributed by atoms with Crippen LogP contribution >= 0.6 is 0 Å². The summed E-state index contributed by atoms with van der Waals surface area (Å²) in [5.41, 5.74) is 1.12. The number of carbonyl (C=O) groups is 1. The molecule has 0 radical (unpaired) electrons. The van der Waals surface area contributed by atoms with Crippen LogP contribution in [0.4, 0.5) is 4.79 Å². The molecule has 0 spiro atoms. The molecule has 1 heterocycles. The number of nitrogens with one attached hydrogen (secondary N) is 1. The lowest BCUT2D eigenvalue weighted by molar-refractivity contribution is 0.191. The van der Waals surface area contributed by atoms with Crippen molar-refractivity contribution in [3.63, 3.8) is 0 Å². The Morgan fingerprint density at radius 2 is 2.16 bits per heavy atom. The van der Waals surface area contributed by atoms with Crippen molar-refractivity contribution in [3.8, 4) is 5.75 Å². The van der Waals surface area contributed by atoms with Crippen LogP contribution < -0.4 is 10.1 Å². The molecule has 6 nitrogen and oxygen atoms in total. The minimum Gasteiger partial charge on any atom is -0.492 e. The molecule has 0 bridgehead atoms. The Hall–Kier alpha value is -2.50. The van der Waals surface area contributed by atoms with Crippen molar-refractivity contribution in [1.29, 1.82) is 0 Å². The van der Waals surface area contributed by atoms with Gasteiger partial charge < -0.3 is 15.2 Å². The van der Waals surface area contributed by atoms with Gasteiger partial charge in [0.2, 0.25) is 0 Å². The lowest BCUT2D eigenvalue weighted by atomic mass is 10.2. The van der Waals surface area contributed by atoms with Gasteiger partial charge in [-0.2, -0.15) is 5.10 Å². The van der Waals surface area contributed by atoms with Crippen LogP contribution in [-0.4, -0.2) is 34.1 Å². The molecule has 0 saturated carbocycles. The van der Waals surface area contributed by atoms with Gasteiger partial charge in [0.15, 0.2) is 0 Å².